The standard InChI is InChI=1S/C31H35N5O5S/c1-19-8-9-23(12-29(19)42(39,40)18-20(2)37)31(38)33-15-25-13-28-24(14-32-25)10-11-27(34-28)26-6-5-7-30(35-26)36-16-21(3)41-22(4)17-36/h5-14,20-22,37H,15-18H2,1-4H3,(H,33,38)/t20-,21-,22+/m0/s1. The molecule has 4 aromatic rings. The van der Waals surface area contributed by atoms with Crippen molar-refractivity contribution in [1.82, 2.24) is 20.3 Å². The van der Waals surface area contributed by atoms with E-state index in [0.29, 0.717) is 11.3 Å². The fourth-order valence-electron chi connectivity index (χ4n) is 5.16. The molecule has 0 unspecified atom stereocenters. The first kappa shape index (κ1) is 29.6. The number of amides is 1. The number of anilines is 1. The SMILES string of the molecule is Cc1ccc(C(=O)NCc2cc3nc(-c4cccc(N5C[C@@H](C)O[C@@H](C)C5)n4)ccc3cn2)cc1S(=O)(=O)C[C@H](C)O. The maximum atomic E-state index is 12.9. The lowest BCUT2D eigenvalue weighted by molar-refractivity contribution is -0.00545. The second kappa shape index (κ2) is 12.1. The topological polar surface area (TPSA) is 135 Å². The molecule has 3 atom stereocenters. The lowest BCUT2D eigenvalue weighted by atomic mass is 10.1. The highest BCUT2D eigenvalue weighted by Crippen LogP contribution is 2.24. The lowest BCUT2D eigenvalue weighted by Crippen LogP contribution is -2.45. The Balaban J connectivity index is 1.32. The van der Waals surface area contributed by atoms with Gasteiger partial charge in [-0.3, -0.25) is 9.78 Å². The van der Waals surface area contributed by atoms with Gasteiger partial charge in [-0.1, -0.05) is 12.1 Å². The van der Waals surface area contributed by atoms with E-state index in [1.54, 1.807) is 25.3 Å². The second-order valence-corrected chi connectivity index (χ2v) is 12.9. The van der Waals surface area contributed by atoms with E-state index in [4.69, 9.17) is 14.7 Å². The highest BCUT2D eigenvalue weighted by Gasteiger charge is 2.24. The van der Waals surface area contributed by atoms with Crippen molar-refractivity contribution < 1.29 is 23.1 Å². The maximum Gasteiger partial charge on any atom is 0.251 e. The number of pyridine rings is 3. The van der Waals surface area contributed by atoms with Gasteiger partial charge in [-0.05, 0) is 75.7 Å². The largest absolute Gasteiger partial charge is 0.392 e. The summed E-state index contributed by atoms with van der Waals surface area (Å²) in [5, 5.41) is 13.3. The molecule has 4 heterocycles. The minimum atomic E-state index is -3.74. The number of aliphatic hydroxyl groups excluding tert-OH is 1. The zero-order chi connectivity index (χ0) is 30.0. The third-order valence-electron chi connectivity index (χ3n) is 7.05. The zero-order valence-electron chi connectivity index (χ0n) is 24.1. The summed E-state index contributed by atoms with van der Waals surface area (Å²) in [7, 11) is -3.74. The van der Waals surface area contributed by atoms with Gasteiger partial charge >= 0.3 is 0 Å². The van der Waals surface area contributed by atoms with Crippen molar-refractivity contribution in [1.29, 1.82) is 0 Å². The monoisotopic (exact) mass is 589 g/mol. The number of carbonyl (C=O) groups is 1. The Bertz CT molecular complexity index is 1720. The number of nitrogens with one attached hydrogen (secondary N) is 1. The van der Waals surface area contributed by atoms with E-state index >= 15 is 0 Å². The van der Waals surface area contributed by atoms with Gasteiger partial charge in [-0.2, -0.15) is 0 Å². The Labute approximate surface area is 245 Å². The molecular formula is C31H35N5O5S. The third-order valence-corrected chi connectivity index (χ3v) is 9.08. The number of benzene rings is 1. The number of hydrogen-bond acceptors (Lipinski definition) is 9. The van der Waals surface area contributed by atoms with Gasteiger partial charge in [0.2, 0.25) is 0 Å². The number of hydrogen-bond donors (Lipinski definition) is 2. The van der Waals surface area contributed by atoms with Crippen molar-refractivity contribution in [2.75, 3.05) is 23.7 Å². The Hall–Kier alpha value is -3.93. The predicted molar refractivity (Wildman–Crippen MR) is 161 cm³/mol. The van der Waals surface area contributed by atoms with Crippen molar-refractivity contribution in [2.45, 2.75) is 57.4 Å². The van der Waals surface area contributed by atoms with Gasteiger partial charge in [0.15, 0.2) is 9.84 Å². The molecule has 1 aliphatic rings. The average molecular weight is 590 g/mol. The molecule has 10 nitrogen and oxygen atoms in total. The van der Waals surface area contributed by atoms with Crippen LogP contribution in [0.25, 0.3) is 22.3 Å². The highest BCUT2D eigenvalue weighted by atomic mass is 32.2. The smallest absolute Gasteiger partial charge is 0.251 e. The minimum absolute atomic E-state index is 0.0342. The number of aromatic nitrogens is 3. The van der Waals surface area contributed by atoms with E-state index in [2.05, 4.69) is 29.0 Å². The summed E-state index contributed by atoms with van der Waals surface area (Å²) in [4.78, 5) is 29.4. The van der Waals surface area contributed by atoms with Crippen molar-refractivity contribution in [2.24, 2.45) is 0 Å². The van der Waals surface area contributed by atoms with E-state index in [1.165, 1.54) is 13.0 Å². The van der Waals surface area contributed by atoms with Gasteiger partial charge in [0, 0.05) is 30.2 Å². The van der Waals surface area contributed by atoms with Crippen LogP contribution in [0.5, 0.6) is 0 Å². The van der Waals surface area contributed by atoms with Crippen LogP contribution in [0.1, 0.15) is 42.4 Å². The van der Waals surface area contributed by atoms with Gasteiger partial charge in [0.05, 0.1) is 58.1 Å². The molecule has 1 aromatic carbocycles. The van der Waals surface area contributed by atoms with Crippen LogP contribution in [-0.2, 0) is 21.1 Å². The van der Waals surface area contributed by atoms with Gasteiger partial charge in [0.25, 0.3) is 5.91 Å². The number of fused-ring (bicyclic) bond motifs is 1. The van der Waals surface area contributed by atoms with E-state index in [1.807, 2.05) is 36.4 Å². The maximum absolute atomic E-state index is 12.9. The molecular weight excluding hydrogens is 554 g/mol. The van der Waals surface area contributed by atoms with Crippen LogP contribution in [0.4, 0.5) is 5.82 Å². The number of morpholine rings is 1. The molecule has 0 radical (unpaired) electrons. The number of ether oxygens (including phenoxy) is 1. The molecule has 220 valence electrons. The van der Waals surface area contributed by atoms with Crippen molar-refractivity contribution in [3.05, 3.63) is 77.6 Å². The van der Waals surface area contributed by atoms with Crippen molar-refractivity contribution in [3.63, 3.8) is 0 Å². The van der Waals surface area contributed by atoms with Gasteiger partial charge < -0.3 is 20.1 Å². The summed E-state index contributed by atoms with van der Waals surface area (Å²) in [5.41, 5.74) is 3.53. The van der Waals surface area contributed by atoms with E-state index in [0.717, 1.165) is 41.2 Å². The fraction of sp³-hybridized carbons (Fsp3) is 0.355. The van der Waals surface area contributed by atoms with Crippen LogP contribution in [0.3, 0.4) is 0 Å². The quantitative estimate of drug-likeness (QED) is 0.315. The summed E-state index contributed by atoms with van der Waals surface area (Å²) in [6.45, 7) is 8.87. The van der Waals surface area contributed by atoms with Crippen molar-refractivity contribution in [3.8, 4) is 11.4 Å². The Morgan fingerprint density at radius 3 is 2.55 bits per heavy atom. The van der Waals surface area contributed by atoms with E-state index < -0.39 is 27.6 Å². The Kier molecular flexibility index (Phi) is 8.53. The average Bonchev–Trinajstić information content (AvgIpc) is 2.94. The Morgan fingerprint density at radius 1 is 1.07 bits per heavy atom. The molecule has 1 fully saturated rings. The van der Waals surface area contributed by atoms with Gasteiger partial charge in [-0.15, -0.1) is 0 Å². The number of sulfone groups is 1. The Morgan fingerprint density at radius 2 is 1.81 bits per heavy atom. The predicted octanol–water partition coefficient (Wildman–Crippen LogP) is 3.70. The molecule has 1 aliphatic heterocycles. The molecule has 0 saturated carbocycles. The van der Waals surface area contributed by atoms with Crippen LogP contribution in [0, 0.1) is 6.92 Å². The molecule has 3 aromatic heterocycles. The number of carbonyl (C=O) groups excluding carboxylic acids is 1. The van der Waals surface area contributed by atoms with Gasteiger partial charge in [-0.25, -0.2) is 18.4 Å². The molecule has 1 saturated heterocycles. The molecule has 1 amide bonds. The first-order valence-electron chi connectivity index (χ1n) is 13.9. The van der Waals surface area contributed by atoms with Gasteiger partial charge in [0.1, 0.15) is 5.82 Å². The minimum Gasteiger partial charge on any atom is -0.392 e. The second-order valence-electron chi connectivity index (χ2n) is 10.9. The number of aliphatic hydroxyl groups is 1. The number of aryl methyl sites for hydroxylation is 1. The molecule has 0 bridgehead atoms. The lowest BCUT2D eigenvalue weighted by Gasteiger charge is -2.36. The summed E-state index contributed by atoms with van der Waals surface area (Å²) in [5.74, 6) is 0.0349. The normalized spacial score (nSPS) is 18.2. The number of nitrogens with zero attached hydrogens (tertiary/aromatic N) is 4. The third kappa shape index (κ3) is 6.75. The first-order valence-corrected chi connectivity index (χ1v) is 15.6. The molecule has 0 spiro atoms. The van der Waals surface area contributed by atoms with Crippen LogP contribution in [0.15, 0.2) is 65.7 Å². The number of rotatable bonds is 8. The highest BCUT2D eigenvalue weighted by molar-refractivity contribution is 7.91. The van der Waals surface area contributed by atoms with Crippen molar-refractivity contribution >= 4 is 32.5 Å². The van der Waals surface area contributed by atoms with Crippen LogP contribution in [-0.4, -0.2) is 71.5 Å². The summed E-state index contributed by atoms with van der Waals surface area (Å²) in [6.07, 6.45) is 0.943. The van der Waals surface area contributed by atoms with E-state index in [-0.39, 0.29) is 29.2 Å². The molecule has 2 N–H and O–H groups in total. The molecule has 11 heteroatoms. The van der Waals surface area contributed by atoms with Crippen LogP contribution >= 0.6 is 0 Å². The van der Waals surface area contributed by atoms with Crippen LogP contribution < -0.4 is 10.2 Å². The fourth-order valence-corrected chi connectivity index (χ4v) is 6.84. The molecule has 5 rings (SSSR count). The molecule has 42 heavy (non-hydrogen) atoms. The zero-order valence-corrected chi connectivity index (χ0v) is 24.9. The van der Waals surface area contributed by atoms with E-state index in [9.17, 15) is 18.3 Å². The first-order chi connectivity index (χ1) is 20.0. The molecule has 0 aliphatic carbocycles. The summed E-state index contributed by atoms with van der Waals surface area (Å²) < 4.78 is 31.2. The summed E-state index contributed by atoms with van der Waals surface area (Å²) >= 11 is 0. The summed E-state index contributed by atoms with van der Waals surface area (Å²) in [6, 6.07) is 16.1. The van der Waals surface area contributed by atoms with Crippen LogP contribution in [0.2, 0.25) is 0 Å².